The first-order valence-electron chi connectivity index (χ1n) is 8.25. The number of aromatic nitrogens is 2. The van der Waals surface area contributed by atoms with Crippen molar-refractivity contribution in [1.82, 2.24) is 10.2 Å². The van der Waals surface area contributed by atoms with Gasteiger partial charge in [-0.05, 0) is 50.2 Å². The summed E-state index contributed by atoms with van der Waals surface area (Å²) in [6.45, 7) is 4.32. The highest BCUT2D eigenvalue weighted by atomic mass is 32.2. The highest BCUT2D eigenvalue weighted by molar-refractivity contribution is 8.00. The number of hydrogen-bond donors (Lipinski definition) is 1. The van der Waals surface area contributed by atoms with Crippen molar-refractivity contribution in [3.05, 3.63) is 54.6 Å². The zero-order valence-corrected chi connectivity index (χ0v) is 15.3. The first kappa shape index (κ1) is 18.0. The van der Waals surface area contributed by atoms with Gasteiger partial charge in [0.15, 0.2) is 0 Å². The van der Waals surface area contributed by atoms with Gasteiger partial charge in [-0.2, -0.15) is 0 Å². The summed E-state index contributed by atoms with van der Waals surface area (Å²) < 4.78 is 11.0. The molecule has 3 aromatic rings. The molecular formula is C19H19N3O3S. The van der Waals surface area contributed by atoms with E-state index in [9.17, 15) is 4.79 Å². The lowest BCUT2D eigenvalue weighted by Gasteiger charge is -2.10. The predicted molar refractivity (Wildman–Crippen MR) is 101 cm³/mol. The van der Waals surface area contributed by atoms with Crippen molar-refractivity contribution in [3.8, 4) is 17.2 Å². The SMILES string of the molecule is CCOc1ccc(NC(=O)[C@@H](C)Sc2nnc(-c3ccccc3)o2)cc1. The molecule has 0 aliphatic rings. The van der Waals surface area contributed by atoms with Crippen LogP contribution in [0.1, 0.15) is 13.8 Å². The third-order valence-electron chi connectivity index (χ3n) is 3.51. The van der Waals surface area contributed by atoms with Gasteiger partial charge in [-0.25, -0.2) is 0 Å². The van der Waals surface area contributed by atoms with Crippen molar-refractivity contribution < 1.29 is 13.9 Å². The van der Waals surface area contributed by atoms with Crippen LogP contribution in [0.3, 0.4) is 0 Å². The summed E-state index contributed by atoms with van der Waals surface area (Å²) in [5.41, 5.74) is 1.56. The number of ether oxygens (including phenoxy) is 1. The highest BCUT2D eigenvalue weighted by Gasteiger charge is 2.19. The number of benzene rings is 2. The number of anilines is 1. The van der Waals surface area contributed by atoms with Crippen molar-refractivity contribution in [1.29, 1.82) is 0 Å². The Morgan fingerprint density at radius 2 is 1.88 bits per heavy atom. The molecule has 1 amide bonds. The molecule has 3 rings (SSSR count). The van der Waals surface area contributed by atoms with Gasteiger partial charge in [0.25, 0.3) is 5.22 Å². The molecule has 0 bridgehead atoms. The molecular weight excluding hydrogens is 350 g/mol. The molecule has 0 unspecified atom stereocenters. The summed E-state index contributed by atoms with van der Waals surface area (Å²) >= 11 is 1.22. The molecule has 0 spiro atoms. The molecule has 134 valence electrons. The first-order valence-corrected chi connectivity index (χ1v) is 9.13. The van der Waals surface area contributed by atoms with E-state index in [1.807, 2.05) is 49.4 Å². The van der Waals surface area contributed by atoms with Gasteiger partial charge in [0.05, 0.1) is 11.9 Å². The van der Waals surface area contributed by atoms with Crippen LogP contribution < -0.4 is 10.1 Å². The van der Waals surface area contributed by atoms with Gasteiger partial charge in [0.2, 0.25) is 11.8 Å². The van der Waals surface area contributed by atoms with Crippen LogP contribution in [0, 0.1) is 0 Å². The third kappa shape index (κ3) is 4.64. The lowest BCUT2D eigenvalue weighted by atomic mass is 10.2. The van der Waals surface area contributed by atoms with Crippen molar-refractivity contribution in [2.45, 2.75) is 24.3 Å². The number of hydrogen-bond acceptors (Lipinski definition) is 6. The van der Waals surface area contributed by atoms with Crippen molar-refractivity contribution in [3.63, 3.8) is 0 Å². The summed E-state index contributed by atoms with van der Waals surface area (Å²) in [6, 6.07) is 16.8. The molecule has 6 nitrogen and oxygen atoms in total. The first-order chi connectivity index (χ1) is 12.7. The monoisotopic (exact) mass is 369 g/mol. The Kier molecular flexibility index (Phi) is 5.91. The van der Waals surface area contributed by atoms with Crippen molar-refractivity contribution in [2.24, 2.45) is 0 Å². The Bertz CT molecular complexity index is 850. The molecule has 0 aliphatic heterocycles. The number of carbonyl (C=O) groups is 1. The summed E-state index contributed by atoms with van der Waals surface area (Å²) in [7, 11) is 0. The van der Waals surface area contributed by atoms with E-state index < -0.39 is 0 Å². The van der Waals surface area contributed by atoms with E-state index in [2.05, 4.69) is 15.5 Å². The van der Waals surface area contributed by atoms with Crippen molar-refractivity contribution >= 4 is 23.4 Å². The molecule has 0 radical (unpaired) electrons. The average molecular weight is 369 g/mol. The second-order valence-electron chi connectivity index (χ2n) is 5.45. The Labute approximate surface area is 156 Å². The summed E-state index contributed by atoms with van der Waals surface area (Å²) in [6.07, 6.45) is 0. The van der Waals surface area contributed by atoms with Gasteiger partial charge in [0, 0.05) is 11.3 Å². The summed E-state index contributed by atoms with van der Waals surface area (Å²) in [4.78, 5) is 12.4. The quantitative estimate of drug-likeness (QED) is 0.627. The summed E-state index contributed by atoms with van der Waals surface area (Å²) in [5.74, 6) is 1.07. The molecule has 1 atom stereocenters. The van der Waals surface area contributed by atoms with Gasteiger partial charge >= 0.3 is 0 Å². The summed E-state index contributed by atoms with van der Waals surface area (Å²) in [5, 5.41) is 10.9. The minimum Gasteiger partial charge on any atom is -0.494 e. The van der Waals surface area contributed by atoms with Crippen LogP contribution in [0.15, 0.2) is 64.2 Å². The van der Waals surface area contributed by atoms with E-state index >= 15 is 0 Å². The largest absolute Gasteiger partial charge is 0.494 e. The van der Waals surface area contributed by atoms with E-state index in [1.54, 1.807) is 19.1 Å². The van der Waals surface area contributed by atoms with Crippen molar-refractivity contribution in [2.75, 3.05) is 11.9 Å². The number of rotatable bonds is 7. The molecule has 1 N–H and O–H groups in total. The highest BCUT2D eigenvalue weighted by Crippen LogP contribution is 2.26. The molecule has 0 saturated carbocycles. The van der Waals surface area contributed by atoms with Gasteiger partial charge in [-0.1, -0.05) is 30.0 Å². The molecule has 2 aromatic carbocycles. The van der Waals surface area contributed by atoms with Crippen LogP contribution in [-0.4, -0.2) is 28.0 Å². The van der Waals surface area contributed by atoms with E-state index in [-0.39, 0.29) is 11.2 Å². The maximum atomic E-state index is 12.4. The zero-order chi connectivity index (χ0) is 18.4. The van der Waals surface area contributed by atoms with Gasteiger partial charge in [-0.3, -0.25) is 4.79 Å². The standard InChI is InChI=1S/C19H19N3O3S/c1-3-24-16-11-9-15(10-12-16)20-17(23)13(2)26-19-22-21-18(25-19)14-7-5-4-6-8-14/h4-13H,3H2,1-2H3,(H,20,23)/t13-/m1/s1. The fourth-order valence-corrected chi connectivity index (χ4v) is 2.89. The Morgan fingerprint density at radius 3 is 2.58 bits per heavy atom. The van der Waals surface area contributed by atoms with Gasteiger partial charge < -0.3 is 14.5 Å². The zero-order valence-electron chi connectivity index (χ0n) is 14.5. The minimum absolute atomic E-state index is 0.140. The number of nitrogens with one attached hydrogen (secondary N) is 1. The smallest absolute Gasteiger partial charge is 0.277 e. The molecule has 0 saturated heterocycles. The number of amides is 1. The van der Waals surface area contributed by atoms with Crippen LogP contribution in [0.4, 0.5) is 5.69 Å². The lowest BCUT2D eigenvalue weighted by molar-refractivity contribution is -0.115. The second kappa shape index (κ2) is 8.53. The maximum Gasteiger partial charge on any atom is 0.277 e. The normalized spacial score (nSPS) is 11.8. The topological polar surface area (TPSA) is 77.2 Å². The van der Waals surface area contributed by atoms with E-state index in [4.69, 9.17) is 9.15 Å². The number of carbonyl (C=O) groups excluding carboxylic acids is 1. The van der Waals surface area contributed by atoms with E-state index in [1.165, 1.54) is 11.8 Å². The molecule has 0 aliphatic carbocycles. The Balaban J connectivity index is 1.58. The fourth-order valence-electron chi connectivity index (χ4n) is 2.20. The molecule has 0 fully saturated rings. The maximum absolute atomic E-state index is 12.4. The number of nitrogens with zero attached hydrogens (tertiary/aromatic N) is 2. The van der Waals surface area contributed by atoms with E-state index in [0.29, 0.717) is 23.4 Å². The van der Waals surface area contributed by atoms with Gasteiger partial charge in [0.1, 0.15) is 5.75 Å². The van der Waals surface area contributed by atoms with Crippen LogP contribution in [0.2, 0.25) is 0 Å². The second-order valence-corrected chi connectivity index (χ2v) is 6.74. The molecule has 26 heavy (non-hydrogen) atoms. The van der Waals surface area contributed by atoms with Crippen LogP contribution in [0.25, 0.3) is 11.5 Å². The third-order valence-corrected chi connectivity index (χ3v) is 4.44. The molecule has 1 aromatic heterocycles. The molecule has 1 heterocycles. The minimum atomic E-state index is -0.384. The van der Waals surface area contributed by atoms with Crippen LogP contribution in [-0.2, 0) is 4.79 Å². The van der Waals surface area contributed by atoms with Crippen LogP contribution >= 0.6 is 11.8 Å². The average Bonchev–Trinajstić information content (AvgIpc) is 3.13. The predicted octanol–water partition coefficient (Wildman–Crippen LogP) is 4.25. The Hall–Kier alpha value is -2.80. The fraction of sp³-hybridized carbons (Fsp3) is 0.211. The lowest BCUT2D eigenvalue weighted by Crippen LogP contribution is -2.22. The van der Waals surface area contributed by atoms with Gasteiger partial charge in [-0.15, -0.1) is 10.2 Å². The Morgan fingerprint density at radius 1 is 1.15 bits per heavy atom. The van der Waals surface area contributed by atoms with E-state index in [0.717, 1.165) is 11.3 Å². The number of thioether (sulfide) groups is 1. The van der Waals surface area contributed by atoms with Crippen LogP contribution in [0.5, 0.6) is 5.75 Å². The molecule has 7 heteroatoms.